The van der Waals surface area contributed by atoms with E-state index in [1.807, 2.05) is 48.7 Å². The minimum Gasteiger partial charge on any atom is -0.314 e. The first-order chi connectivity index (χ1) is 16.6. The second kappa shape index (κ2) is 11.3. The van der Waals surface area contributed by atoms with E-state index < -0.39 is 0 Å². The molecule has 4 aromatic rings. The molecule has 1 unspecified atom stereocenters. The normalized spacial score (nSPS) is 12.6. The van der Waals surface area contributed by atoms with Crippen molar-refractivity contribution in [2.75, 3.05) is 6.54 Å². The Morgan fingerprint density at radius 3 is 2.35 bits per heavy atom. The molecule has 1 N–H and O–H groups in total. The van der Waals surface area contributed by atoms with Crippen LogP contribution in [0, 0.1) is 18.3 Å². The summed E-state index contributed by atoms with van der Waals surface area (Å²) in [6.45, 7) is 3.35. The largest absolute Gasteiger partial charge is 0.314 e. The van der Waals surface area contributed by atoms with Crippen molar-refractivity contribution >= 4 is 0 Å². The molecule has 0 saturated carbocycles. The Balaban J connectivity index is 1.61. The van der Waals surface area contributed by atoms with Gasteiger partial charge in [0.1, 0.15) is 0 Å². The molecule has 4 rings (SSSR count). The van der Waals surface area contributed by atoms with Crippen LogP contribution in [0.4, 0.5) is 0 Å². The van der Waals surface area contributed by atoms with Crippen molar-refractivity contribution in [3.63, 3.8) is 0 Å². The third kappa shape index (κ3) is 6.10. The monoisotopic (exact) mass is 447 g/mol. The third-order valence-corrected chi connectivity index (χ3v) is 6.18. The zero-order valence-electron chi connectivity index (χ0n) is 19.4. The number of hydrogen-bond acceptors (Lipinski definition) is 3. The summed E-state index contributed by atoms with van der Waals surface area (Å²) in [5, 5.41) is 13.2. The van der Waals surface area contributed by atoms with Gasteiger partial charge in [0.2, 0.25) is 0 Å². The van der Waals surface area contributed by atoms with Gasteiger partial charge in [0.25, 0.3) is 5.56 Å². The summed E-state index contributed by atoms with van der Waals surface area (Å²) in [5.74, 6) is 0.176. The van der Waals surface area contributed by atoms with Crippen molar-refractivity contribution in [2.45, 2.75) is 31.8 Å². The highest BCUT2D eigenvalue weighted by Gasteiger charge is 2.18. The molecule has 0 aliphatic carbocycles. The van der Waals surface area contributed by atoms with Gasteiger partial charge in [-0.3, -0.25) is 4.79 Å². The number of nitriles is 1. The summed E-state index contributed by atoms with van der Waals surface area (Å²) in [7, 11) is 0. The minimum absolute atomic E-state index is 0.0110. The van der Waals surface area contributed by atoms with Crippen molar-refractivity contribution in [1.29, 1.82) is 5.26 Å². The quantitative estimate of drug-likeness (QED) is 0.374. The number of nitrogens with zero attached hydrogens (tertiary/aromatic N) is 2. The molecule has 34 heavy (non-hydrogen) atoms. The summed E-state index contributed by atoms with van der Waals surface area (Å²) >= 11 is 0. The molecule has 1 heterocycles. The van der Waals surface area contributed by atoms with E-state index in [4.69, 9.17) is 0 Å². The maximum Gasteiger partial charge on any atom is 0.250 e. The molecular weight excluding hydrogens is 418 g/mol. The van der Waals surface area contributed by atoms with Crippen molar-refractivity contribution in [1.82, 2.24) is 9.88 Å². The van der Waals surface area contributed by atoms with Crippen LogP contribution in [-0.4, -0.2) is 11.1 Å². The fraction of sp³-hybridized carbons (Fsp3) is 0.200. The Hall–Kier alpha value is -3.94. The number of hydrogen-bond donors (Lipinski definition) is 1. The molecule has 0 saturated heterocycles. The molecular formula is C30H29N3O. The molecule has 2 atom stereocenters. The number of pyridine rings is 1. The number of benzene rings is 3. The van der Waals surface area contributed by atoms with Gasteiger partial charge in [0, 0.05) is 31.3 Å². The number of nitrogens with one attached hydrogen (secondary N) is 1. The van der Waals surface area contributed by atoms with Crippen LogP contribution in [0.3, 0.4) is 0 Å². The van der Waals surface area contributed by atoms with Gasteiger partial charge in [-0.15, -0.1) is 0 Å². The lowest BCUT2D eigenvalue weighted by Gasteiger charge is -2.25. The van der Waals surface area contributed by atoms with Crippen molar-refractivity contribution in [3.8, 4) is 6.07 Å². The molecule has 0 spiro atoms. The summed E-state index contributed by atoms with van der Waals surface area (Å²) < 4.78 is 1.75. The third-order valence-electron chi connectivity index (χ3n) is 6.18. The SMILES string of the molecule is Cc1ccc(C[C@H](CNC(Cn2ccccc2=O)c2ccccc2)c2cccc(C#N)c2)cc1. The van der Waals surface area contributed by atoms with Gasteiger partial charge in [-0.2, -0.15) is 5.26 Å². The van der Waals surface area contributed by atoms with E-state index in [0.717, 1.165) is 17.5 Å². The Kier molecular flexibility index (Phi) is 7.70. The Labute approximate surface area is 201 Å². The summed E-state index contributed by atoms with van der Waals surface area (Å²) in [5.41, 5.74) is 5.43. The smallest absolute Gasteiger partial charge is 0.250 e. The number of aromatic nitrogens is 1. The maximum absolute atomic E-state index is 12.4. The summed E-state index contributed by atoms with van der Waals surface area (Å²) in [6.07, 6.45) is 2.69. The number of aryl methyl sites for hydroxylation is 1. The van der Waals surface area contributed by atoms with Gasteiger partial charge in [0.05, 0.1) is 17.7 Å². The first-order valence-corrected chi connectivity index (χ1v) is 11.6. The lowest BCUT2D eigenvalue weighted by atomic mass is 9.90. The van der Waals surface area contributed by atoms with E-state index in [-0.39, 0.29) is 17.5 Å². The van der Waals surface area contributed by atoms with Crippen LogP contribution in [0.5, 0.6) is 0 Å². The molecule has 0 fully saturated rings. The predicted octanol–water partition coefficient (Wildman–Crippen LogP) is 5.39. The highest BCUT2D eigenvalue weighted by Crippen LogP contribution is 2.24. The van der Waals surface area contributed by atoms with Gasteiger partial charge >= 0.3 is 0 Å². The van der Waals surface area contributed by atoms with Gasteiger partial charge in [-0.05, 0) is 48.2 Å². The first kappa shape index (κ1) is 23.2. The lowest BCUT2D eigenvalue weighted by Crippen LogP contribution is -2.33. The highest BCUT2D eigenvalue weighted by atomic mass is 16.1. The molecule has 4 heteroatoms. The fourth-order valence-electron chi connectivity index (χ4n) is 4.24. The van der Waals surface area contributed by atoms with Crippen molar-refractivity contribution in [3.05, 3.63) is 141 Å². The first-order valence-electron chi connectivity index (χ1n) is 11.6. The molecule has 3 aromatic carbocycles. The van der Waals surface area contributed by atoms with Gasteiger partial charge in [0.15, 0.2) is 0 Å². The van der Waals surface area contributed by atoms with Crippen LogP contribution in [0.1, 0.15) is 39.8 Å². The molecule has 0 aliphatic heterocycles. The van der Waals surface area contributed by atoms with E-state index in [2.05, 4.69) is 60.8 Å². The Morgan fingerprint density at radius 2 is 1.62 bits per heavy atom. The van der Waals surface area contributed by atoms with Crippen molar-refractivity contribution in [2.24, 2.45) is 0 Å². The molecule has 4 nitrogen and oxygen atoms in total. The zero-order chi connectivity index (χ0) is 23.8. The van der Waals surface area contributed by atoms with Crippen LogP contribution in [0.25, 0.3) is 0 Å². The molecule has 0 bridgehead atoms. The highest BCUT2D eigenvalue weighted by molar-refractivity contribution is 5.36. The Bertz CT molecular complexity index is 1300. The summed E-state index contributed by atoms with van der Waals surface area (Å²) in [4.78, 5) is 12.4. The fourth-order valence-corrected chi connectivity index (χ4v) is 4.24. The van der Waals surface area contributed by atoms with E-state index >= 15 is 0 Å². The van der Waals surface area contributed by atoms with Crippen LogP contribution in [-0.2, 0) is 13.0 Å². The second-order valence-electron chi connectivity index (χ2n) is 8.69. The molecule has 0 amide bonds. The van der Waals surface area contributed by atoms with Crippen LogP contribution < -0.4 is 10.9 Å². The zero-order valence-corrected chi connectivity index (χ0v) is 19.4. The van der Waals surface area contributed by atoms with E-state index in [9.17, 15) is 10.1 Å². The van der Waals surface area contributed by atoms with Crippen LogP contribution in [0.15, 0.2) is 108 Å². The van der Waals surface area contributed by atoms with E-state index in [1.54, 1.807) is 16.7 Å². The molecule has 0 aliphatic rings. The van der Waals surface area contributed by atoms with E-state index in [1.165, 1.54) is 11.1 Å². The van der Waals surface area contributed by atoms with Gasteiger partial charge in [-0.25, -0.2) is 0 Å². The van der Waals surface area contributed by atoms with E-state index in [0.29, 0.717) is 18.7 Å². The molecule has 1 aromatic heterocycles. The average molecular weight is 448 g/mol. The standard InChI is InChI=1S/C30H29N3O/c1-23-13-15-24(16-14-23)18-28(27-11-7-8-25(19-27)20-31)21-32-29(26-9-3-2-4-10-26)22-33-17-6-5-12-30(33)34/h2-17,19,28-29,32H,18,21-22H2,1H3/t28-,29?/m1/s1. The van der Waals surface area contributed by atoms with Crippen molar-refractivity contribution < 1.29 is 0 Å². The molecule has 0 radical (unpaired) electrons. The lowest BCUT2D eigenvalue weighted by molar-refractivity contribution is 0.435. The number of rotatable bonds is 9. The predicted molar refractivity (Wildman–Crippen MR) is 137 cm³/mol. The second-order valence-corrected chi connectivity index (χ2v) is 8.69. The Morgan fingerprint density at radius 1 is 0.882 bits per heavy atom. The van der Waals surface area contributed by atoms with Crippen LogP contribution in [0.2, 0.25) is 0 Å². The van der Waals surface area contributed by atoms with Gasteiger partial charge < -0.3 is 9.88 Å². The minimum atomic E-state index is -0.0269. The average Bonchev–Trinajstić information content (AvgIpc) is 2.88. The molecule has 170 valence electrons. The topological polar surface area (TPSA) is 57.8 Å². The van der Waals surface area contributed by atoms with Crippen LogP contribution >= 0.6 is 0 Å². The van der Waals surface area contributed by atoms with Gasteiger partial charge in [-0.1, -0.05) is 78.4 Å². The maximum atomic E-state index is 12.4. The summed E-state index contributed by atoms with van der Waals surface area (Å²) in [6, 6.07) is 34.2.